The number of benzene rings is 2. The van der Waals surface area contributed by atoms with E-state index in [0.717, 1.165) is 6.42 Å². The normalized spacial score (nSPS) is 12.0. The first-order chi connectivity index (χ1) is 13.0. The van der Waals surface area contributed by atoms with Gasteiger partial charge in [-0.1, -0.05) is 49.2 Å². The second-order valence-corrected chi connectivity index (χ2v) is 11.4. The fraction of sp³-hybridized carbons (Fsp3) is 0.520. The van der Waals surface area contributed by atoms with Crippen molar-refractivity contribution in [2.45, 2.75) is 74.1 Å². The quantitative estimate of drug-likeness (QED) is 0.427. The molecule has 0 atom stereocenters. The zero-order chi connectivity index (χ0) is 21.1. The maximum Gasteiger partial charge on any atom is 0.211 e. The van der Waals surface area contributed by atoms with Gasteiger partial charge in [0.1, 0.15) is 0 Å². The van der Waals surface area contributed by atoms with Crippen molar-refractivity contribution in [1.82, 2.24) is 0 Å². The summed E-state index contributed by atoms with van der Waals surface area (Å²) < 4.78 is 20.3. The molecule has 0 N–H and O–H groups in total. The van der Waals surface area contributed by atoms with E-state index in [0.29, 0.717) is 24.8 Å². The lowest BCUT2D eigenvalue weighted by Gasteiger charge is -2.24. The minimum Gasteiger partial charge on any atom is -0.328 e. The molecule has 0 aliphatic rings. The third-order valence-corrected chi connectivity index (χ3v) is 7.75. The molecule has 0 bridgehead atoms. The summed E-state index contributed by atoms with van der Waals surface area (Å²) in [7, 11) is -2.86. The van der Waals surface area contributed by atoms with Crippen LogP contribution in [0, 0.1) is 47.5 Å². The van der Waals surface area contributed by atoms with E-state index in [4.69, 9.17) is 4.52 Å². The molecule has 2 aromatic rings. The Morgan fingerprint density at radius 3 is 1.43 bits per heavy atom. The van der Waals surface area contributed by atoms with Crippen molar-refractivity contribution in [3.8, 4) is 0 Å². The number of rotatable bonds is 8. The summed E-state index contributed by atoms with van der Waals surface area (Å²) in [5.41, 5.74) is 9.70. The molecule has 0 radical (unpaired) electrons. The van der Waals surface area contributed by atoms with Crippen molar-refractivity contribution >= 4 is 7.37 Å². The van der Waals surface area contributed by atoms with Crippen LogP contribution in [0.5, 0.6) is 0 Å². The Kier molecular flexibility index (Phi) is 7.71. The van der Waals surface area contributed by atoms with Gasteiger partial charge in [0.15, 0.2) is 0 Å². The van der Waals surface area contributed by atoms with Gasteiger partial charge in [0.25, 0.3) is 0 Å². The molecule has 0 spiro atoms. The molecule has 3 heteroatoms. The van der Waals surface area contributed by atoms with Crippen LogP contribution in [-0.4, -0.2) is 6.61 Å². The maximum atomic E-state index is 14.1. The Morgan fingerprint density at radius 1 is 0.750 bits per heavy atom. The van der Waals surface area contributed by atoms with Crippen molar-refractivity contribution in [2.24, 2.45) is 5.92 Å². The number of aryl methyl sites for hydroxylation is 6. The van der Waals surface area contributed by atoms with Gasteiger partial charge in [0, 0.05) is 0 Å². The molecular weight excluding hydrogens is 363 g/mol. The van der Waals surface area contributed by atoms with E-state index in [1.165, 1.54) is 44.5 Å². The molecule has 0 heterocycles. The molecular formula is C25H37O2P. The predicted molar refractivity (Wildman–Crippen MR) is 122 cm³/mol. The highest BCUT2D eigenvalue weighted by atomic mass is 31.2. The summed E-state index contributed by atoms with van der Waals surface area (Å²) in [5, 5.41) is 0. The van der Waals surface area contributed by atoms with Gasteiger partial charge in [-0.3, -0.25) is 4.57 Å². The first-order valence-corrected chi connectivity index (χ1v) is 12.4. The van der Waals surface area contributed by atoms with Gasteiger partial charge in [-0.05, 0) is 87.3 Å². The highest BCUT2D eigenvalue weighted by Gasteiger charge is 2.28. The average Bonchev–Trinajstić information content (AvgIpc) is 2.54. The lowest BCUT2D eigenvalue weighted by molar-refractivity contribution is 0.286. The lowest BCUT2D eigenvalue weighted by Crippen LogP contribution is -2.06. The molecule has 0 aliphatic heterocycles. The van der Waals surface area contributed by atoms with E-state index in [9.17, 15) is 4.57 Å². The minimum absolute atomic E-state index is 0.510. The SMILES string of the molecule is Cc1cc(C)c(CP(=O)(Cc2c(C)cc(C)cc2C)OCCC(C)C)c(C)c1. The fourth-order valence-corrected chi connectivity index (χ4v) is 6.70. The van der Waals surface area contributed by atoms with Crippen LogP contribution in [0.25, 0.3) is 0 Å². The van der Waals surface area contributed by atoms with Crippen LogP contribution in [0.3, 0.4) is 0 Å². The van der Waals surface area contributed by atoms with E-state index >= 15 is 0 Å². The molecule has 0 aromatic heterocycles. The van der Waals surface area contributed by atoms with Crippen LogP contribution in [0.15, 0.2) is 24.3 Å². The van der Waals surface area contributed by atoms with Crippen LogP contribution < -0.4 is 0 Å². The number of hydrogen-bond donors (Lipinski definition) is 0. The predicted octanol–water partition coefficient (Wildman–Crippen LogP) is 7.58. The minimum atomic E-state index is -2.86. The van der Waals surface area contributed by atoms with Gasteiger partial charge in [0.2, 0.25) is 7.37 Å². The highest BCUT2D eigenvalue weighted by molar-refractivity contribution is 7.57. The Labute approximate surface area is 172 Å². The fourth-order valence-electron chi connectivity index (χ4n) is 4.00. The van der Waals surface area contributed by atoms with Crippen LogP contribution in [0.4, 0.5) is 0 Å². The van der Waals surface area contributed by atoms with E-state index in [-0.39, 0.29) is 0 Å². The smallest absolute Gasteiger partial charge is 0.211 e. The Bertz CT molecular complexity index is 771. The number of hydrogen-bond acceptors (Lipinski definition) is 2. The monoisotopic (exact) mass is 400 g/mol. The van der Waals surface area contributed by atoms with Crippen molar-refractivity contribution in [3.63, 3.8) is 0 Å². The summed E-state index contributed by atoms with van der Waals surface area (Å²) >= 11 is 0. The largest absolute Gasteiger partial charge is 0.328 e. The van der Waals surface area contributed by atoms with Crippen molar-refractivity contribution in [3.05, 3.63) is 68.8 Å². The molecule has 28 heavy (non-hydrogen) atoms. The van der Waals surface area contributed by atoms with Crippen molar-refractivity contribution < 1.29 is 9.09 Å². The molecule has 0 fully saturated rings. The summed E-state index contributed by atoms with van der Waals surface area (Å²) in [6.45, 7) is 17.6. The van der Waals surface area contributed by atoms with Crippen LogP contribution in [0.1, 0.15) is 64.8 Å². The molecule has 0 saturated carbocycles. The molecule has 0 unspecified atom stereocenters. The van der Waals surface area contributed by atoms with Gasteiger partial charge in [-0.15, -0.1) is 0 Å². The maximum absolute atomic E-state index is 14.1. The van der Waals surface area contributed by atoms with Gasteiger partial charge in [-0.25, -0.2) is 0 Å². The first kappa shape index (κ1) is 22.9. The van der Waals surface area contributed by atoms with E-state index < -0.39 is 7.37 Å². The zero-order valence-electron chi connectivity index (χ0n) is 19.0. The topological polar surface area (TPSA) is 26.3 Å². The second kappa shape index (κ2) is 9.42. The van der Waals surface area contributed by atoms with Crippen molar-refractivity contribution in [1.29, 1.82) is 0 Å². The van der Waals surface area contributed by atoms with Crippen LogP contribution in [0.2, 0.25) is 0 Å². The van der Waals surface area contributed by atoms with Gasteiger partial charge in [0.05, 0.1) is 18.9 Å². The second-order valence-electron chi connectivity index (χ2n) is 8.90. The standard InChI is InChI=1S/C25H37O2P/c1-17(2)9-10-27-28(26,15-24-20(5)11-18(3)12-21(24)6)16-25-22(7)13-19(4)14-23(25)8/h11-14,17H,9-10,15-16H2,1-8H3. The molecule has 0 aliphatic carbocycles. The summed E-state index contributed by atoms with van der Waals surface area (Å²) in [6.07, 6.45) is 1.95. The highest BCUT2D eigenvalue weighted by Crippen LogP contribution is 2.55. The van der Waals surface area contributed by atoms with Crippen LogP contribution >= 0.6 is 7.37 Å². The Balaban J connectivity index is 2.39. The Morgan fingerprint density at radius 2 is 1.11 bits per heavy atom. The molecule has 2 rings (SSSR count). The molecule has 0 amide bonds. The Hall–Kier alpha value is -1.37. The zero-order valence-corrected chi connectivity index (χ0v) is 19.9. The molecule has 2 nitrogen and oxygen atoms in total. The van der Waals surface area contributed by atoms with E-state index in [1.54, 1.807) is 0 Å². The molecule has 154 valence electrons. The summed E-state index contributed by atoms with van der Waals surface area (Å²) in [4.78, 5) is 0. The molecule has 0 saturated heterocycles. The van der Waals surface area contributed by atoms with Gasteiger partial charge in [-0.2, -0.15) is 0 Å². The average molecular weight is 401 g/mol. The molecule has 2 aromatic carbocycles. The first-order valence-electron chi connectivity index (χ1n) is 10.4. The third-order valence-electron chi connectivity index (χ3n) is 5.50. The summed E-state index contributed by atoms with van der Waals surface area (Å²) in [6, 6.07) is 8.73. The van der Waals surface area contributed by atoms with E-state index in [2.05, 4.69) is 79.7 Å². The summed E-state index contributed by atoms with van der Waals surface area (Å²) in [5.74, 6) is 0.541. The van der Waals surface area contributed by atoms with Crippen LogP contribution in [-0.2, 0) is 21.4 Å². The van der Waals surface area contributed by atoms with Crippen molar-refractivity contribution in [2.75, 3.05) is 6.61 Å². The third kappa shape index (κ3) is 6.06. The lowest BCUT2D eigenvalue weighted by atomic mass is 10.0. The van der Waals surface area contributed by atoms with Gasteiger partial charge < -0.3 is 4.52 Å². The van der Waals surface area contributed by atoms with Gasteiger partial charge >= 0.3 is 0 Å². The van der Waals surface area contributed by atoms with E-state index in [1.807, 2.05) is 0 Å².